The van der Waals surface area contributed by atoms with Crippen molar-refractivity contribution in [3.8, 4) is 5.75 Å². The van der Waals surface area contributed by atoms with Crippen LogP contribution in [-0.4, -0.2) is 42.2 Å². The van der Waals surface area contributed by atoms with Crippen molar-refractivity contribution in [3.05, 3.63) is 48.5 Å². The first-order valence-corrected chi connectivity index (χ1v) is 12.0. The Labute approximate surface area is 170 Å². The van der Waals surface area contributed by atoms with Crippen LogP contribution in [-0.2, 0) is 24.8 Å². The molecule has 1 fully saturated rings. The summed E-state index contributed by atoms with van der Waals surface area (Å²) < 4.78 is 58.7. The first kappa shape index (κ1) is 21.1. The maximum Gasteiger partial charge on any atom is 0.267 e. The summed E-state index contributed by atoms with van der Waals surface area (Å²) in [5, 5.41) is 0. The number of ether oxygens (including phenoxy) is 1. The molecule has 0 aromatic heterocycles. The van der Waals surface area contributed by atoms with E-state index in [2.05, 4.69) is 0 Å². The second-order valence-electron chi connectivity index (χ2n) is 6.65. The lowest BCUT2D eigenvalue weighted by molar-refractivity contribution is -0.119. The quantitative estimate of drug-likeness (QED) is 0.685. The van der Waals surface area contributed by atoms with Gasteiger partial charge in [0.25, 0.3) is 10.0 Å². The van der Waals surface area contributed by atoms with E-state index >= 15 is 0 Å². The molecule has 1 heterocycles. The highest BCUT2D eigenvalue weighted by atomic mass is 32.2. The average Bonchev–Trinajstić information content (AvgIpc) is 2.89. The fourth-order valence-corrected chi connectivity index (χ4v) is 6.27. The van der Waals surface area contributed by atoms with Crippen molar-refractivity contribution in [1.29, 1.82) is 0 Å². The lowest BCUT2D eigenvalue weighted by atomic mass is 10.2. The van der Waals surface area contributed by atoms with Gasteiger partial charge in [0.15, 0.2) is 0 Å². The second kappa shape index (κ2) is 7.68. The van der Waals surface area contributed by atoms with Crippen LogP contribution in [0.15, 0.2) is 53.4 Å². The van der Waals surface area contributed by atoms with Crippen molar-refractivity contribution in [3.63, 3.8) is 0 Å². The Hall–Kier alpha value is -2.59. The molecular formula is C19H22N2O6S2. The predicted octanol–water partition coefficient (Wildman–Crippen LogP) is 2.22. The number of carbonyl (C=O) groups is 1. The van der Waals surface area contributed by atoms with Gasteiger partial charge in [-0.05, 0) is 37.3 Å². The van der Waals surface area contributed by atoms with Crippen molar-refractivity contribution >= 4 is 37.3 Å². The van der Waals surface area contributed by atoms with E-state index in [1.165, 1.54) is 32.2 Å². The van der Waals surface area contributed by atoms with Crippen molar-refractivity contribution in [2.24, 2.45) is 5.92 Å². The van der Waals surface area contributed by atoms with E-state index in [-0.39, 0.29) is 28.7 Å². The van der Waals surface area contributed by atoms with Crippen molar-refractivity contribution < 1.29 is 26.4 Å². The molecule has 0 spiro atoms. The number of para-hydroxylation sites is 1. The van der Waals surface area contributed by atoms with Gasteiger partial charge in [-0.15, -0.1) is 0 Å². The Balaban J connectivity index is 2.15. The highest BCUT2D eigenvalue weighted by molar-refractivity contribution is 7.94. The van der Waals surface area contributed by atoms with Crippen LogP contribution >= 0.6 is 0 Å². The molecule has 1 atom stereocenters. The maximum absolute atomic E-state index is 13.3. The van der Waals surface area contributed by atoms with E-state index in [1.54, 1.807) is 37.3 Å². The number of nitrogens with zero attached hydrogens (tertiary/aromatic N) is 2. The molecule has 0 N–H and O–H groups in total. The van der Waals surface area contributed by atoms with E-state index in [9.17, 15) is 21.6 Å². The van der Waals surface area contributed by atoms with Crippen molar-refractivity contribution in [2.75, 3.05) is 28.0 Å². The van der Waals surface area contributed by atoms with Crippen LogP contribution in [0.5, 0.6) is 5.75 Å². The van der Waals surface area contributed by atoms with Gasteiger partial charge in [0.1, 0.15) is 10.6 Å². The normalized spacial score (nSPS) is 18.7. The highest BCUT2D eigenvalue weighted by Gasteiger charge is 2.42. The maximum atomic E-state index is 13.3. The molecule has 3 rings (SSSR count). The summed E-state index contributed by atoms with van der Waals surface area (Å²) in [5.74, 6) is -1.52. The second-order valence-corrected chi connectivity index (χ2v) is 10.5. The van der Waals surface area contributed by atoms with Crippen LogP contribution in [0, 0.1) is 5.92 Å². The molecule has 0 bridgehead atoms. The third kappa shape index (κ3) is 3.82. The first-order valence-electron chi connectivity index (χ1n) is 8.97. The molecule has 0 radical (unpaired) electrons. The summed E-state index contributed by atoms with van der Waals surface area (Å²) in [6.07, 6.45) is 0. The van der Waals surface area contributed by atoms with Gasteiger partial charge in [0.2, 0.25) is 15.9 Å². The molecule has 1 unspecified atom stereocenters. The fourth-order valence-electron chi connectivity index (χ4n) is 3.11. The smallest absolute Gasteiger partial charge is 0.267 e. The largest absolute Gasteiger partial charge is 0.492 e. The Morgan fingerprint density at radius 1 is 1.17 bits per heavy atom. The summed E-state index contributed by atoms with van der Waals surface area (Å²) >= 11 is 0. The van der Waals surface area contributed by atoms with E-state index in [0.717, 1.165) is 4.31 Å². The summed E-state index contributed by atoms with van der Waals surface area (Å²) in [7, 11) is -6.56. The van der Waals surface area contributed by atoms with Crippen molar-refractivity contribution in [1.82, 2.24) is 0 Å². The highest BCUT2D eigenvalue weighted by Crippen LogP contribution is 2.36. The van der Waals surface area contributed by atoms with Gasteiger partial charge in [-0.3, -0.25) is 9.10 Å². The number of anilines is 2. The molecule has 2 aromatic carbocycles. The van der Waals surface area contributed by atoms with Gasteiger partial charge in [-0.2, -0.15) is 0 Å². The third-order valence-corrected chi connectivity index (χ3v) is 8.26. The van der Waals surface area contributed by atoms with Gasteiger partial charge in [0, 0.05) is 7.05 Å². The number of amides is 1. The lowest BCUT2D eigenvalue weighted by Crippen LogP contribution is -2.31. The molecule has 156 valence electrons. The van der Waals surface area contributed by atoms with Crippen molar-refractivity contribution in [2.45, 2.75) is 18.7 Å². The minimum Gasteiger partial charge on any atom is -0.492 e. The molecular weight excluding hydrogens is 416 g/mol. The Morgan fingerprint density at radius 2 is 1.83 bits per heavy atom. The summed E-state index contributed by atoms with van der Waals surface area (Å²) in [5.41, 5.74) is 0.404. The molecule has 8 nitrogen and oxygen atoms in total. The molecule has 2 aromatic rings. The standard InChI is InChI=1S/C19H22N2O6S2/c1-4-27-17-11-10-16(21-19(22)14(2)13-28(21,23)24)12-18(17)29(25,26)20(3)15-8-6-5-7-9-15/h5-12,14H,4,13H2,1-3H3. The topological polar surface area (TPSA) is 101 Å². The van der Waals surface area contributed by atoms with E-state index < -0.39 is 31.9 Å². The number of benzene rings is 2. The van der Waals surface area contributed by atoms with Gasteiger partial charge in [-0.1, -0.05) is 25.1 Å². The first-order chi connectivity index (χ1) is 13.6. The zero-order chi connectivity index (χ0) is 21.4. The number of sulfonamides is 2. The number of rotatable bonds is 6. The predicted molar refractivity (Wildman–Crippen MR) is 110 cm³/mol. The van der Waals surface area contributed by atoms with Gasteiger partial charge < -0.3 is 4.74 Å². The average molecular weight is 439 g/mol. The molecule has 1 aliphatic heterocycles. The van der Waals surface area contributed by atoms with Crippen LogP contribution < -0.4 is 13.3 Å². The van der Waals surface area contributed by atoms with Crippen LogP contribution in [0.3, 0.4) is 0 Å². The summed E-state index contributed by atoms with van der Waals surface area (Å²) in [4.78, 5) is 12.2. The SMILES string of the molecule is CCOc1ccc(N2C(=O)C(C)CS2(=O)=O)cc1S(=O)(=O)N(C)c1ccccc1. The minimum atomic E-state index is -4.09. The fraction of sp³-hybridized carbons (Fsp3) is 0.316. The zero-order valence-corrected chi connectivity index (χ0v) is 17.9. The van der Waals surface area contributed by atoms with Gasteiger partial charge in [0.05, 0.1) is 29.7 Å². The monoisotopic (exact) mass is 438 g/mol. The Bertz CT molecular complexity index is 1130. The lowest BCUT2D eigenvalue weighted by Gasteiger charge is -2.23. The Kier molecular flexibility index (Phi) is 5.59. The number of hydrogen-bond donors (Lipinski definition) is 0. The van der Waals surface area contributed by atoms with Crippen LogP contribution in [0.2, 0.25) is 0 Å². The minimum absolute atomic E-state index is 0.0251. The van der Waals surface area contributed by atoms with Crippen LogP contribution in [0.4, 0.5) is 11.4 Å². The van der Waals surface area contributed by atoms with Gasteiger partial charge in [-0.25, -0.2) is 21.1 Å². The molecule has 1 amide bonds. The Morgan fingerprint density at radius 3 is 2.38 bits per heavy atom. The third-order valence-electron chi connectivity index (χ3n) is 4.58. The molecule has 1 saturated heterocycles. The molecule has 0 aliphatic carbocycles. The van der Waals surface area contributed by atoms with Gasteiger partial charge >= 0.3 is 0 Å². The van der Waals surface area contributed by atoms with E-state index in [0.29, 0.717) is 9.99 Å². The molecule has 10 heteroatoms. The summed E-state index contributed by atoms with van der Waals surface area (Å²) in [6.45, 7) is 3.45. The number of carbonyl (C=O) groups excluding carboxylic acids is 1. The molecule has 0 saturated carbocycles. The molecule has 1 aliphatic rings. The molecule has 29 heavy (non-hydrogen) atoms. The van der Waals surface area contributed by atoms with Crippen LogP contribution in [0.25, 0.3) is 0 Å². The van der Waals surface area contributed by atoms with E-state index in [1.807, 2.05) is 0 Å². The van der Waals surface area contributed by atoms with Crippen LogP contribution in [0.1, 0.15) is 13.8 Å². The zero-order valence-electron chi connectivity index (χ0n) is 16.3. The number of hydrogen-bond acceptors (Lipinski definition) is 6. The van der Waals surface area contributed by atoms with E-state index in [4.69, 9.17) is 4.74 Å². The summed E-state index contributed by atoms with van der Waals surface area (Å²) in [6, 6.07) is 12.4.